The van der Waals surface area contributed by atoms with Gasteiger partial charge >= 0.3 is 0 Å². The Labute approximate surface area is 170 Å². The number of hydrogen-bond acceptors (Lipinski definition) is 5. The third kappa shape index (κ3) is 7.48. The lowest BCUT2D eigenvalue weighted by Gasteiger charge is -2.26. The van der Waals surface area contributed by atoms with E-state index in [0.29, 0.717) is 57.4 Å². The molecule has 0 radical (unpaired) electrons. The van der Waals surface area contributed by atoms with E-state index in [9.17, 15) is 19.2 Å². The molecule has 0 unspecified atom stereocenters. The summed E-state index contributed by atoms with van der Waals surface area (Å²) >= 11 is 0. The zero-order valence-electron chi connectivity index (χ0n) is 17.0. The van der Waals surface area contributed by atoms with Crippen molar-refractivity contribution in [2.75, 3.05) is 26.2 Å². The summed E-state index contributed by atoms with van der Waals surface area (Å²) in [5.74, 6) is 0.236. The fourth-order valence-corrected chi connectivity index (χ4v) is 3.05. The minimum absolute atomic E-state index is 0.0764. The molecular formula is C21H28N4O4. The monoisotopic (exact) mass is 400 g/mol. The molecule has 29 heavy (non-hydrogen) atoms. The molecule has 1 aromatic rings. The summed E-state index contributed by atoms with van der Waals surface area (Å²) in [6.07, 6.45) is 2.52. The molecule has 0 bridgehead atoms. The van der Waals surface area contributed by atoms with Crippen molar-refractivity contribution in [1.29, 1.82) is 0 Å². The maximum atomic E-state index is 11.8. The van der Waals surface area contributed by atoms with Crippen molar-refractivity contribution in [3.05, 3.63) is 35.9 Å². The minimum Gasteiger partial charge on any atom is -0.342 e. The fourth-order valence-electron chi connectivity index (χ4n) is 3.05. The van der Waals surface area contributed by atoms with Crippen LogP contribution in [0.25, 0.3) is 0 Å². The molecule has 0 aromatic heterocycles. The molecule has 1 N–H and O–H groups in total. The van der Waals surface area contributed by atoms with Gasteiger partial charge in [0.2, 0.25) is 11.8 Å². The van der Waals surface area contributed by atoms with Crippen LogP contribution in [0.3, 0.4) is 0 Å². The molecule has 2 fully saturated rings. The van der Waals surface area contributed by atoms with Gasteiger partial charge in [-0.3, -0.25) is 19.2 Å². The van der Waals surface area contributed by atoms with Crippen LogP contribution >= 0.6 is 0 Å². The molecule has 2 saturated heterocycles. The molecule has 3 rings (SSSR count). The highest BCUT2D eigenvalue weighted by atomic mass is 16.2. The number of hydrazone groups is 1. The van der Waals surface area contributed by atoms with Crippen molar-refractivity contribution in [3.63, 3.8) is 0 Å². The molecule has 0 aliphatic carbocycles. The molecule has 0 atom stereocenters. The van der Waals surface area contributed by atoms with Gasteiger partial charge in [-0.25, -0.2) is 5.43 Å². The van der Waals surface area contributed by atoms with Crippen LogP contribution in [0.2, 0.25) is 0 Å². The summed E-state index contributed by atoms with van der Waals surface area (Å²) in [5.41, 5.74) is 4.08. The van der Waals surface area contributed by atoms with Crippen molar-refractivity contribution in [2.45, 2.75) is 39.5 Å². The van der Waals surface area contributed by atoms with E-state index < -0.39 is 0 Å². The Morgan fingerprint density at radius 2 is 1.31 bits per heavy atom. The van der Waals surface area contributed by atoms with Crippen molar-refractivity contribution in [1.82, 2.24) is 15.2 Å². The van der Waals surface area contributed by atoms with E-state index >= 15 is 0 Å². The van der Waals surface area contributed by atoms with Crippen molar-refractivity contribution < 1.29 is 19.2 Å². The maximum absolute atomic E-state index is 11.8. The number of Topliss-reactive ketones (excluding diaryl/α,β-unsaturated/α-hetero) is 1. The maximum Gasteiger partial charge on any atom is 0.271 e. The minimum atomic E-state index is -0.206. The molecule has 1 aromatic carbocycles. The van der Waals surface area contributed by atoms with E-state index in [1.165, 1.54) is 6.92 Å². The highest BCUT2D eigenvalue weighted by molar-refractivity contribution is 5.95. The molecule has 0 saturated carbocycles. The lowest BCUT2D eigenvalue weighted by molar-refractivity contribution is -0.132. The summed E-state index contributed by atoms with van der Waals surface area (Å²) in [6, 6.07) is 8.97. The van der Waals surface area contributed by atoms with E-state index in [-0.39, 0.29) is 23.5 Å². The van der Waals surface area contributed by atoms with Gasteiger partial charge in [0.1, 0.15) is 5.78 Å². The first-order valence-electron chi connectivity index (χ1n) is 9.80. The number of amides is 3. The standard InChI is InChI=1S/C14H17N3O2.C7H11NO2/c1-11(18)17-9-7-13(8-10-17)15-16-14(19)12-5-3-2-4-6-12;1-6(9)8-4-2-7(10)3-5-8/h2-6H,7-10H2,1H3,(H,16,19);2-5H2,1H3. The second-order valence-corrected chi connectivity index (χ2v) is 7.04. The van der Waals surface area contributed by atoms with Gasteiger partial charge in [0.25, 0.3) is 5.91 Å². The molecule has 156 valence electrons. The van der Waals surface area contributed by atoms with Gasteiger partial charge in [-0.05, 0) is 12.1 Å². The van der Waals surface area contributed by atoms with E-state index in [2.05, 4.69) is 10.5 Å². The number of likely N-dealkylation sites (tertiary alicyclic amines) is 2. The van der Waals surface area contributed by atoms with Crippen LogP contribution in [0.4, 0.5) is 0 Å². The Balaban J connectivity index is 0.000000253. The number of benzene rings is 1. The average Bonchev–Trinajstić information content (AvgIpc) is 2.73. The van der Waals surface area contributed by atoms with Crippen LogP contribution in [0.15, 0.2) is 35.4 Å². The van der Waals surface area contributed by atoms with Crippen LogP contribution in [0.5, 0.6) is 0 Å². The van der Waals surface area contributed by atoms with Gasteiger partial charge in [0, 0.05) is 77.0 Å². The van der Waals surface area contributed by atoms with E-state index in [1.807, 2.05) is 18.2 Å². The number of nitrogens with zero attached hydrogens (tertiary/aromatic N) is 3. The molecule has 8 nitrogen and oxygen atoms in total. The van der Waals surface area contributed by atoms with Crippen molar-refractivity contribution >= 4 is 29.2 Å². The second-order valence-electron chi connectivity index (χ2n) is 7.04. The highest BCUT2D eigenvalue weighted by Crippen LogP contribution is 2.07. The first kappa shape index (κ1) is 22.3. The van der Waals surface area contributed by atoms with E-state index in [0.717, 1.165) is 5.71 Å². The highest BCUT2D eigenvalue weighted by Gasteiger charge is 2.18. The molecule has 8 heteroatoms. The van der Waals surface area contributed by atoms with E-state index in [1.54, 1.807) is 28.9 Å². The molecular weight excluding hydrogens is 372 g/mol. The normalized spacial score (nSPS) is 16.5. The number of carbonyl (C=O) groups is 4. The third-order valence-corrected chi connectivity index (χ3v) is 4.90. The Bertz CT molecular complexity index is 756. The largest absolute Gasteiger partial charge is 0.342 e. The van der Waals surface area contributed by atoms with Crippen LogP contribution in [0, 0.1) is 0 Å². The zero-order chi connectivity index (χ0) is 21.2. The van der Waals surface area contributed by atoms with Crippen LogP contribution in [-0.4, -0.2) is 65.2 Å². The number of piperidine rings is 2. The van der Waals surface area contributed by atoms with Crippen LogP contribution < -0.4 is 5.43 Å². The summed E-state index contributed by atoms with van der Waals surface area (Å²) in [5, 5.41) is 4.13. The van der Waals surface area contributed by atoms with Crippen LogP contribution in [0.1, 0.15) is 49.9 Å². The number of rotatable bonds is 2. The summed E-state index contributed by atoms with van der Waals surface area (Å²) in [7, 11) is 0. The predicted molar refractivity (Wildman–Crippen MR) is 109 cm³/mol. The smallest absolute Gasteiger partial charge is 0.271 e. The number of hydrogen-bond donors (Lipinski definition) is 1. The zero-order valence-corrected chi connectivity index (χ0v) is 17.0. The first-order chi connectivity index (χ1) is 13.9. The van der Waals surface area contributed by atoms with Gasteiger partial charge in [-0.1, -0.05) is 18.2 Å². The first-order valence-corrected chi connectivity index (χ1v) is 9.80. The van der Waals surface area contributed by atoms with Gasteiger partial charge < -0.3 is 9.80 Å². The van der Waals surface area contributed by atoms with Gasteiger partial charge in [0.05, 0.1) is 0 Å². The lowest BCUT2D eigenvalue weighted by atomic mass is 10.1. The van der Waals surface area contributed by atoms with Gasteiger partial charge in [-0.15, -0.1) is 0 Å². The fraction of sp³-hybridized carbons (Fsp3) is 0.476. The van der Waals surface area contributed by atoms with Crippen molar-refractivity contribution in [3.8, 4) is 0 Å². The van der Waals surface area contributed by atoms with Crippen molar-refractivity contribution in [2.24, 2.45) is 5.10 Å². The summed E-state index contributed by atoms with van der Waals surface area (Å²) in [4.78, 5) is 47.9. The number of nitrogens with one attached hydrogen (secondary N) is 1. The van der Waals surface area contributed by atoms with Gasteiger partial charge in [0.15, 0.2) is 0 Å². The van der Waals surface area contributed by atoms with Gasteiger partial charge in [-0.2, -0.15) is 5.10 Å². The summed E-state index contributed by atoms with van der Waals surface area (Å²) < 4.78 is 0. The quantitative estimate of drug-likeness (QED) is 0.763. The average molecular weight is 400 g/mol. The molecule has 3 amide bonds. The Hall–Kier alpha value is -3.03. The number of carbonyl (C=O) groups excluding carboxylic acids is 4. The summed E-state index contributed by atoms with van der Waals surface area (Å²) in [6.45, 7) is 5.70. The Kier molecular flexibility index (Phi) is 8.51. The van der Waals surface area contributed by atoms with E-state index in [4.69, 9.17) is 0 Å². The Morgan fingerprint density at radius 3 is 1.79 bits per heavy atom. The molecule has 2 aliphatic heterocycles. The predicted octanol–water partition coefficient (Wildman–Crippen LogP) is 1.61. The Morgan fingerprint density at radius 1 is 0.828 bits per heavy atom. The molecule has 2 heterocycles. The topological polar surface area (TPSA) is 99.2 Å². The second kappa shape index (κ2) is 11.1. The molecule has 0 spiro atoms. The molecule has 2 aliphatic rings. The number of ketones is 1. The third-order valence-electron chi connectivity index (χ3n) is 4.90. The lowest BCUT2D eigenvalue weighted by Crippen LogP contribution is -2.37. The van der Waals surface area contributed by atoms with Crippen LogP contribution in [-0.2, 0) is 14.4 Å². The SMILES string of the molecule is CC(=O)N1CCC(=NNC(=O)c2ccccc2)CC1.CC(=O)N1CCC(=O)CC1.